The van der Waals surface area contributed by atoms with Gasteiger partial charge in [0.2, 0.25) is 0 Å². The van der Waals surface area contributed by atoms with Crippen molar-refractivity contribution in [1.29, 1.82) is 0 Å². The van der Waals surface area contributed by atoms with Gasteiger partial charge < -0.3 is 20.7 Å². The third kappa shape index (κ3) is 4.35. The number of carboxylic acids is 1. The summed E-state index contributed by atoms with van der Waals surface area (Å²) in [5.41, 5.74) is 3.41. The second kappa shape index (κ2) is 8.02. The van der Waals surface area contributed by atoms with E-state index in [1.807, 2.05) is 31.3 Å². The number of carboxylic acid groups (broad SMARTS) is 1. The predicted octanol–water partition coefficient (Wildman–Crippen LogP) is 4.36. The van der Waals surface area contributed by atoms with Crippen LogP contribution in [0.3, 0.4) is 0 Å². The van der Waals surface area contributed by atoms with Gasteiger partial charge in [-0.3, -0.25) is 0 Å². The van der Waals surface area contributed by atoms with Crippen LogP contribution in [-0.4, -0.2) is 32.6 Å². The maximum atomic E-state index is 11.0. The normalized spacial score (nSPS) is 10.8. The lowest BCUT2D eigenvalue weighted by molar-refractivity contribution is 0.0697. The Bertz CT molecular complexity index is 1150. The summed E-state index contributed by atoms with van der Waals surface area (Å²) < 4.78 is 0. The zero-order chi connectivity index (χ0) is 20.2. The molecule has 7 nitrogen and oxygen atoms in total. The molecule has 7 heteroatoms. The number of rotatable bonds is 7. The molecule has 0 aliphatic rings. The number of para-hydroxylation sites is 1. The maximum absolute atomic E-state index is 11.0. The molecule has 0 radical (unpaired) electrons. The number of anilines is 3. The van der Waals surface area contributed by atoms with E-state index in [0.29, 0.717) is 11.6 Å². The summed E-state index contributed by atoms with van der Waals surface area (Å²) in [4.78, 5) is 23.1. The molecule has 2 aromatic carbocycles. The van der Waals surface area contributed by atoms with Gasteiger partial charge in [0.05, 0.1) is 5.56 Å². The number of aromatic nitrogens is 3. The van der Waals surface area contributed by atoms with Gasteiger partial charge in [-0.1, -0.05) is 18.2 Å². The van der Waals surface area contributed by atoms with E-state index in [-0.39, 0.29) is 5.56 Å². The van der Waals surface area contributed by atoms with E-state index in [1.165, 1.54) is 10.9 Å². The number of aromatic amines is 1. The fourth-order valence-corrected chi connectivity index (χ4v) is 3.23. The molecule has 146 valence electrons. The van der Waals surface area contributed by atoms with Crippen LogP contribution in [0.4, 0.5) is 17.3 Å². The van der Waals surface area contributed by atoms with Gasteiger partial charge in [0, 0.05) is 35.4 Å². The van der Waals surface area contributed by atoms with Crippen molar-refractivity contribution in [2.45, 2.75) is 13.3 Å². The van der Waals surface area contributed by atoms with Crippen LogP contribution in [0.2, 0.25) is 0 Å². The molecule has 0 saturated carbocycles. The number of H-pyrrole nitrogens is 1. The number of hydrogen-bond acceptors (Lipinski definition) is 5. The third-order valence-electron chi connectivity index (χ3n) is 4.62. The summed E-state index contributed by atoms with van der Waals surface area (Å²) in [7, 11) is 0. The molecule has 0 fully saturated rings. The highest BCUT2D eigenvalue weighted by Crippen LogP contribution is 2.20. The maximum Gasteiger partial charge on any atom is 0.335 e. The van der Waals surface area contributed by atoms with Crippen molar-refractivity contribution in [1.82, 2.24) is 15.0 Å². The number of carbonyl (C=O) groups is 1. The van der Waals surface area contributed by atoms with Crippen LogP contribution < -0.4 is 10.6 Å². The fraction of sp³-hybridized carbons (Fsp3) is 0.136. The zero-order valence-corrected chi connectivity index (χ0v) is 15.9. The molecule has 0 atom stereocenters. The molecule has 0 spiro atoms. The molecule has 4 aromatic rings. The number of fused-ring (bicyclic) bond motifs is 1. The minimum Gasteiger partial charge on any atom is -0.478 e. The van der Waals surface area contributed by atoms with Gasteiger partial charge in [0.1, 0.15) is 17.5 Å². The molecule has 0 aliphatic heterocycles. The largest absolute Gasteiger partial charge is 0.478 e. The molecular weight excluding hydrogens is 366 g/mol. The minimum atomic E-state index is -0.948. The van der Waals surface area contributed by atoms with Crippen LogP contribution in [0.15, 0.2) is 60.8 Å². The first-order chi connectivity index (χ1) is 14.1. The van der Waals surface area contributed by atoms with Gasteiger partial charge >= 0.3 is 5.97 Å². The molecule has 0 unspecified atom stereocenters. The van der Waals surface area contributed by atoms with Crippen molar-refractivity contribution in [2.75, 3.05) is 17.2 Å². The number of hydrogen-bond donors (Lipinski definition) is 4. The Kier molecular flexibility index (Phi) is 5.11. The SMILES string of the molecule is Cc1nc(NCCc2c[nH]c3ccccc23)cc(Nc2ccc(C(=O)O)cc2)n1. The van der Waals surface area contributed by atoms with E-state index >= 15 is 0 Å². The smallest absolute Gasteiger partial charge is 0.335 e. The fourth-order valence-electron chi connectivity index (χ4n) is 3.23. The molecule has 0 saturated heterocycles. The monoisotopic (exact) mass is 387 g/mol. The number of benzene rings is 2. The van der Waals surface area contributed by atoms with Crippen LogP contribution >= 0.6 is 0 Å². The van der Waals surface area contributed by atoms with Gasteiger partial charge in [-0.05, 0) is 49.2 Å². The Morgan fingerprint density at radius 3 is 2.62 bits per heavy atom. The number of nitrogens with zero attached hydrogens (tertiary/aromatic N) is 2. The van der Waals surface area contributed by atoms with Gasteiger partial charge in [0.25, 0.3) is 0 Å². The molecule has 29 heavy (non-hydrogen) atoms. The standard InChI is InChI=1S/C22H21N5O2/c1-14-25-20(23-11-10-16-13-24-19-5-3-2-4-18(16)19)12-21(26-14)27-17-8-6-15(7-9-17)22(28)29/h2-9,12-13,24H,10-11H2,1H3,(H,28,29)(H2,23,25,26,27). The molecule has 0 amide bonds. The van der Waals surface area contributed by atoms with E-state index in [1.54, 1.807) is 24.3 Å². The molecule has 4 rings (SSSR count). The van der Waals surface area contributed by atoms with E-state index in [0.717, 1.165) is 30.0 Å². The quantitative estimate of drug-likeness (QED) is 0.376. The number of nitrogens with one attached hydrogen (secondary N) is 3. The first kappa shape index (κ1) is 18.5. The summed E-state index contributed by atoms with van der Waals surface area (Å²) in [5.74, 6) is 1.08. The van der Waals surface area contributed by atoms with Gasteiger partial charge in [-0.15, -0.1) is 0 Å². The summed E-state index contributed by atoms with van der Waals surface area (Å²) in [5, 5.41) is 16.8. The van der Waals surface area contributed by atoms with Crippen LogP contribution in [0.25, 0.3) is 10.9 Å². The van der Waals surface area contributed by atoms with Crippen LogP contribution in [0.1, 0.15) is 21.7 Å². The number of aromatic carboxylic acids is 1. The van der Waals surface area contributed by atoms with Crippen molar-refractivity contribution in [2.24, 2.45) is 0 Å². The third-order valence-corrected chi connectivity index (χ3v) is 4.62. The first-order valence-electron chi connectivity index (χ1n) is 9.33. The Morgan fingerprint density at radius 2 is 1.83 bits per heavy atom. The molecule has 2 heterocycles. The highest BCUT2D eigenvalue weighted by Gasteiger charge is 2.06. The van der Waals surface area contributed by atoms with Gasteiger partial charge in [-0.25, -0.2) is 14.8 Å². The summed E-state index contributed by atoms with van der Waals surface area (Å²) in [6, 6.07) is 16.6. The van der Waals surface area contributed by atoms with Crippen LogP contribution in [0.5, 0.6) is 0 Å². The predicted molar refractivity (Wildman–Crippen MR) is 114 cm³/mol. The lowest BCUT2D eigenvalue weighted by Crippen LogP contribution is -2.08. The Labute approximate surface area is 167 Å². The Morgan fingerprint density at radius 1 is 1.07 bits per heavy atom. The average molecular weight is 387 g/mol. The Balaban J connectivity index is 1.42. The van der Waals surface area contributed by atoms with Crippen LogP contribution in [0, 0.1) is 6.92 Å². The van der Waals surface area contributed by atoms with Gasteiger partial charge in [0.15, 0.2) is 0 Å². The van der Waals surface area contributed by atoms with E-state index in [2.05, 4.69) is 37.7 Å². The Hall–Kier alpha value is -3.87. The highest BCUT2D eigenvalue weighted by molar-refractivity contribution is 5.88. The second-order valence-corrected chi connectivity index (χ2v) is 6.73. The van der Waals surface area contributed by atoms with Gasteiger partial charge in [-0.2, -0.15) is 0 Å². The molecule has 4 N–H and O–H groups in total. The average Bonchev–Trinajstić information content (AvgIpc) is 3.11. The van der Waals surface area contributed by atoms with Crippen LogP contribution in [-0.2, 0) is 6.42 Å². The van der Waals surface area contributed by atoms with Crippen molar-refractivity contribution in [3.63, 3.8) is 0 Å². The van der Waals surface area contributed by atoms with E-state index < -0.39 is 5.97 Å². The van der Waals surface area contributed by atoms with E-state index in [9.17, 15) is 4.79 Å². The van der Waals surface area contributed by atoms with Crippen molar-refractivity contribution in [3.05, 3.63) is 77.7 Å². The minimum absolute atomic E-state index is 0.244. The lowest BCUT2D eigenvalue weighted by Gasteiger charge is -2.10. The zero-order valence-electron chi connectivity index (χ0n) is 15.9. The van der Waals surface area contributed by atoms with Crippen molar-refractivity contribution in [3.8, 4) is 0 Å². The topological polar surface area (TPSA) is 103 Å². The summed E-state index contributed by atoms with van der Waals surface area (Å²) in [6.07, 6.45) is 2.91. The second-order valence-electron chi connectivity index (χ2n) is 6.73. The van der Waals surface area contributed by atoms with Crippen molar-refractivity contribution < 1.29 is 9.90 Å². The van der Waals surface area contributed by atoms with Crippen molar-refractivity contribution >= 4 is 34.2 Å². The molecule has 2 aromatic heterocycles. The lowest BCUT2D eigenvalue weighted by atomic mass is 10.1. The first-order valence-corrected chi connectivity index (χ1v) is 9.33. The molecular formula is C22H21N5O2. The highest BCUT2D eigenvalue weighted by atomic mass is 16.4. The summed E-state index contributed by atoms with van der Waals surface area (Å²) in [6.45, 7) is 2.58. The number of aryl methyl sites for hydroxylation is 1. The molecule has 0 aliphatic carbocycles. The van der Waals surface area contributed by atoms with E-state index in [4.69, 9.17) is 5.11 Å². The molecule has 0 bridgehead atoms. The summed E-state index contributed by atoms with van der Waals surface area (Å²) >= 11 is 0.